The molecule has 3 atom stereocenters. The van der Waals surface area contributed by atoms with Crippen LogP contribution in [0.15, 0.2) is 24.3 Å². The quantitative estimate of drug-likeness (QED) is 0.897. The molecule has 0 amide bonds. The molecular formula is C20H27NO2. The Morgan fingerprint density at radius 2 is 1.83 bits per heavy atom. The average molecular weight is 313 g/mol. The number of hydrogen-bond donors (Lipinski definition) is 1. The summed E-state index contributed by atoms with van der Waals surface area (Å²) in [5, 5.41) is 3.78. The maximum atomic E-state index is 12.5. The monoisotopic (exact) mass is 313 g/mol. The molecule has 1 spiro atoms. The predicted octanol–water partition coefficient (Wildman–Crippen LogP) is 4.43. The van der Waals surface area contributed by atoms with Crippen LogP contribution >= 0.6 is 0 Å². The number of carbonyl (C=O) groups excluding carboxylic acids is 1. The molecule has 5 rings (SSSR count). The molecule has 1 aromatic rings. The minimum atomic E-state index is 0.222. The summed E-state index contributed by atoms with van der Waals surface area (Å²) in [6, 6.07) is 8.50. The number of Topliss-reactive ketones (excluding diaryl/α,β-unsaturated/α-hetero) is 1. The standard InChI is InChI=1S/C20H27NO2/c1-23-16-8-6-15(7-9-16)21-19-17-10-5-14(13-18(17)22)20(19)11-3-2-4-12-20/h6-9,14,17,19,21H,2-5,10-13H2,1H3/t14-,17+,19-/m0/s1. The second kappa shape index (κ2) is 5.85. The van der Waals surface area contributed by atoms with E-state index in [1.807, 2.05) is 12.1 Å². The van der Waals surface area contributed by atoms with E-state index in [0.29, 0.717) is 23.2 Å². The van der Waals surface area contributed by atoms with E-state index in [-0.39, 0.29) is 5.92 Å². The summed E-state index contributed by atoms with van der Waals surface area (Å²) < 4.78 is 5.25. The number of carbonyl (C=O) groups is 1. The van der Waals surface area contributed by atoms with Crippen LogP contribution < -0.4 is 10.1 Å². The molecule has 3 heteroatoms. The number of methoxy groups -OCH3 is 1. The summed E-state index contributed by atoms with van der Waals surface area (Å²) in [5.41, 5.74) is 1.48. The van der Waals surface area contributed by atoms with Crippen LogP contribution in [0.4, 0.5) is 5.69 Å². The summed E-state index contributed by atoms with van der Waals surface area (Å²) in [6.07, 6.45) is 9.81. The Morgan fingerprint density at radius 3 is 2.48 bits per heavy atom. The van der Waals surface area contributed by atoms with Gasteiger partial charge >= 0.3 is 0 Å². The van der Waals surface area contributed by atoms with Gasteiger partial charge in [-0.3, -0.25) is 4.79 Å². The Labute approximate surface area is 138 Å². The van der Waals surface area contributed by atoms with Crippen molar-refractivity contribution in [2.45, 2.75) is 57.4 Å². The van der Waals surface area contributed by atoms with E-state index in [0.717, 1.165) is 24.3 Å². The Kier molecular flexibility index (Phi) is 3.82. The lowest BCUT2D eigenvalue weighted by Crippen LogP contribution is -2.60. The molecule has 4 fully saturated rings. The highest BCUT2D eigenvalue weighted by atomic mass is 16.5. The van der Waals surface area contributed by atoms with Gasteiger partial charge in [0.1, 0.15) is 11.5 Å². The van der Waals surface area contributed by atoms with E-state index in [1.54, 1.807) is 7.11 Å². The minimum Gasteiger partial charge on any atom is -0.497 e. The molecule has 4 saturated carbocycles. The van der Waals surface area contributed by atoms with Gasteiger partial charge in [0, 0.05) is 24.1 Å². The van der Waals surface area contributed by atoms with Crippen LogP contribution in [0.2, 0.25) is 0 Å². The lowest BCUT2D eigenvalue weighted by molar-refractivity contribution is -0.140. The first-order valence-corrected chi connectivity index (χ1v) is 9.16. The summed E-state index contributed by atoms with van der Waals surface area (Å²) >= 11 is 0. The van der Waals surface area contributed by atoms with E-state index < -0.39 is 0 Å². The zero-order valence-electron chi connectivity index (χ0n) is 14.0. The molecule has 4 aliphatic rings. The highest BCUT2D eigenvalue weighted by molar-refractivity contribution is 5.84. The first kappa shape index (κ1) is 15.0. The van der Waals surface area contributed by atoms with Crippen LogP contribution in [0.1, 0.15) is 51.4 Å². The number of fused-ring (bicyclic) bond motifs is 2. The van der Waals surface area contributed by atoms with Crippen molar-refractivity contribution in [1.29, 1.82) is 0 Å². The third-order valence-corrected chi connectivity index (χ3v) is 6.72. The van der Waals surface area contributed by atoms with Crippen molar-refractivity contribution in [2.75, 3.05) is 12.4 Å². The van der Waals surface area contributed by atoms with Gasteiger partial charge in [0.2, 0.25) is 0 Å². The maximum absolute atomic E-state index is 12.5. The summed E-state index contributed by atoms with van der Waals surface area (Å²) in [5.74, 6) is 2.21. The number of ketones is 1. The highest BCUT2D eigenvalue weighted by Gasteiger charge is 2.57. The van der Waals surface area contributed by atoms with Crippen LogP contribution in [0, 0.1) is 17.3 Å². The normalized spacial score (nSPS) is 32.0. The average Bonchev–Trinajstić information content (AvgIpc) is 2.60. The molecule has 3 nitrogen and oxygen atoms in total. The summed E-state index contributed by atoms with van der Waals surface area (Å²) in [6.45, 7) is 0. The second-order valence-electron chi connectivity index (χ2n) is 7.70. The van der Waals surface area contributed by atoms with Crippen LogP contribution in [-0.4, -0.2) is 18.9 Å². The molecule has 0 saturated heterocycles. The fourth-order valence-electron chi connectivity index (χ4n) is 5.58. The van der Waals surface area contributed by atoms with Crippen molar-refractivity contribution in [3.05, 3.63) is 24.3 Å². The Bertz CT molecular complexity index is 574. The van der Waals surface area contributed by atoms with Gasteiger partial charge < -0.3 is 10.1 Å². The zero-order valence-corrected chi connectivity index (χ0v) is 14.0. The first-order chi connectivity index (χ1) is 11.2. The largest absolute Gasteiger partial charge is 0.497 e. The molecule has 0 aromatic heterocycles. The van der Waals surface area contributed by atoms with Gasteiger partial charge in [0.05, 0.1) is 7.11 Å². The zero-order chi connectivity index (χ0) is 15.9. The van der Waals surface area contributed by atoms with Gasteiger partial charge in [-0.25, -0.2) is 0 Å². The van der Waals surface area contributed by atoms with Gasteiger partial charge in [-0.1, -0.05) is 19.3 Å². The summed E-state index contributed by atoms with van der Waals surface area (Å²) in [7, 11) is 1.69. The Morgan fingerprint density at radius 1 is 1.09 bits per heavy atom. The molecule has 1 N–H and O–H groups in total. The molecular weight excluding hydrogens is 286 g/mol. The third kappa shape index (κ3) is 2.45. The predicted molar refractivity (Wildman–Crippen MR) is 91.8 cm³/mol. The SMILES string of the molecule is COc1ccc(N[C@H]2[C@@H]3CC[C@@H](CC3=O)C23CCCCC3)cc1. The van der Waals surface area contributed by atoms with Crippen molar-refractivity contribution in [3.8, 4) is 5.75 Å². The highest BCUT2D eigenvalue weighted by Crippen LogP contribution is 2.58. The van der Waals surface area contributed by atoms with Gasteiger partial charge in [-0.05, 0) is 61.3 Å². The number of benzene rings is 1. The molecule has 1 aromatic carbocycles. The number of ether oxygens (including phenoxy) is 1. The van der Waals surface area contributed by atoms with Gasteiger partial charge in [-0.15, -0.1) is 0 Å². The fraction of sp³-hybridized carbons (Fsp3) is 0.650. The van der Waals surface area contributed by atoms with Crippen LogP contribution in [0.5, 0.6) is 5.75 Å². The molecule has 0 heterocycles. The van der Waals surface area contributed by atoms with E-state index in [2.05, 4.69) is 17.4 Å². The minimum absolute atomic E-state index is 0.222. The van der Waals surface area contributed by atoms with Crippen molar-refractivity contribution in [3.63, 3.8) is 0 Å². The lowest BCUT2D eigenvalue weighted by Gasteiger charge is -2.58. The van der Waals surface area contributed by atoms with Crippen molar-refractivity contribution >= 4 is 11.5 Å². The number of anilines is 1. The van der Waals surface area contributed by atoms with Crippen LogP contribution in [0.3, 0.4) is 0 Å². The second-order valence-corrected chi connectivity index (χ2v) is 7.70. The van der Waals surface area contributed by atoms with Crippen LogP contribution in [-0.2, 0) is 4.79 Å². The van der Waals surface area contributed by atoms with E-state index in [1.165, 1.54) is 38.5 Å². The molecule has 0 unspecified atom stereocenters. The molecule has 0 radical (unpaired) electrons. The van der Waals surface area contributed by atoms with Gasteiger partial charge in [-0.2, -0.15) is 0 Å². The van der Waals surface area contributed by atoms with Crippen molar-refractivity contribution in [2.24, 2.45) is 17.3 Å². The number of nitrogens with one attached hydrogen (secondary N) is 1. The molecule has 2 bridgehead atoms. The molecule has 4 aliphatic carbocycles. The third-order valence-electron chi connectivity index (χ3n) is 6.72. The fourth-order valence-corrected chi connectivity index (χ4v) is 5.58. The topological polar surface area (TPSA) is 38.3 Å². The smallest absolute Gasteiger partial charge is 0.138 e. The van der Waals surface area contributed by atoms with Crippen molar-refractivity contribution < 1.29 is 9.53 Å². The van der Waals surface area contributed by atoms with E-state index in [9.17, 15) is 4.79 Å². The van der Waals surface area contributed by atoms with E-state index >= 15 is 0 Å². The van der Waals surface area contributed by atoms with E-state index in [4.69, 9.17) is 4.74 Å². The molecule has 124 valence electrons. The maximum Gasteiger partial charge on any atom is 0.138 e. The summed E-state index contributed by atoms with van der Waals surface area (Å²) in [4.78, 5) is 12.5. The van der Waals surface area contributed by atoms with Crippen LogP contribution in [0.25, 0.3) is 0 Å². The van der Waals surface area contributed by atoms with Gasteiger partial charge in [0.25, 0.3) is 0 Å². The molecule has 23 heavy (non-hydrogen) atoms. The van der Waals surface area contributed by atoms with Crippen molar-refractivity contribution in [1.82, 2.24) is 0 Å². The number of hydrogen-bond acceptors (Lipinski definition) is 3. The molecule has 0 aliphatic heterocycles. The Hall–Kier alpha value is -1.51. The number of rotatable bonds is 3. The van der Waals surface area contributed by atoms with Gasteiger partial charge in [0.15, 0.2) is 0 Å². The Balaban J connectivity index is 1.63. The first-order valence-electron chi connectivity index (χ1n) is 9.16. The lowest BCUT2D eigenvalue weighted by atomic mass is 9.48.